The maximum absolute atomic E-state index is 12.6. The lowest BCUT2D eigenvalue weighted by Gasteiger charge is -2.14. The lowest BCUT2D eigenvalue weighted by Crippen LogP contribution is -2.24. The van der Waals surface area contributed by atoms with Gasteiger partial charge in [0.1, 0.15) is 5.82 Å². The molecular formula is C18H23N5O3S. The number of anilines is 1. The molecule has 1 aromatic carbocycles. The summed E-state index contributed by atoms with van der Waals surface area (Å²) in [7, 11) is 0. The van der Waals surface area contributed by atoms with Gasteiger partial charge in [0.2, 0.25) is 11.8 Å². The Morgan fingerprint density at radius 2 is 1.96 bits per heavy atom. The van der Waals surface area contributed by atoms with Crippen molar-refractivity contribution in [2.75, 3.05) is 5.32 Å². The van der Waals surface area contributed by atoms with E-state index in [0.717, 1.165) is 0 Å². The summed E-state index contributed by atoms with van der Waals surface area (Å²) in [5.74, 6) is -0.0888. The van der Waals surface area contributed by atoms with Gasteiger partial charge in [-0.05, 0) is 32.9 Å². The number of nitrogens with zero attached hydrogens (tertiary/aromatic N) is 3. The van der Waals surface area contributed by atoms with Crippen molar-refractivity contribution in [1.29, 1.82) is 0 Å². The number of aromatic nitrogens is 3. The van der Waals surface area contributed by atoms with Gasteiger partial charge in [-0.3, -0.25) is 14.4 Å². The molecule has 0 aliphatic rings. The van der Waals surface area contributed by atoms with E-state index in [1.54, 1.807) is 31.2 Å². The van der Waals surface area contributed by atoms with Crippen LogP contribution >= 0.6 is 11.8 Å². The van der Waals surface area contributed by atoms with E-state index in [1.165, 1.54) is 18.7 Å². The zero-order valence-electron chi connectivity index (χ0n) is 15.6. The van der Waals surface area contributed by atoms with E-state index < -0.39 is 11.2 Å². The largest absolute Gasteiger partial charge is 0.370 e. The number of nitrogens with one attached hydrogen (secondary N) is 1. The van der Waals surface area contributed by atoms with Gasteiger partial charge in [-0.15, -0.1) is 10.2 Å². The molecular weight excluding hydrogens is 366 g/mol. The Bertz CT molecular complexity index is 849. The minimum Gasteiger partial charge on any atom is -0.370 e. The maximum atomic E-state index is 12.6. The second-order valence-electron chi connectivity index (χ2n) is 5.96. The molecule has 27 heavy (non-hydrogen) atoms. The Morgan fingerprint density at radius 1 is 1.26 bits per heavy atom. The van der Waals surface area contributed by atoms with Gasteiger partial charge >= 0.3 is 0 Å². The predicted octanol–water partition coefficient (Wildman–Crippen LogP) is 2.04. The molecule has 0 fully saturated rings. The fraction of sp³-hybridized carbons (Fsp3) is 0.389. The first-order valence-electron chi connectivity index (χ1n) is 8.61. The molecule has 0 spiro atoms. The molecule has 1 atom stereocenters. The molecule has 2 rings (SSSR count). The fourth-order valence-corrected chi connectivity index (χ4v) is 3.42. The highest BCUT2D eigenvalue weighted by Crippen LogP contribution is 2.24. The van der Waals surface area contributed by atoms with Gasteiger partial charge in [-0.2, -0.15) is 0 Å². The van der Waals surface area contributed by atoms with Gasteiger partial charge in [0.25, 0.3) is 0 Å². The van der Waals surface area contributed by atoms with Gasteiger partial charge in [-0.25, -0.2) is 0 Å². The number of primary amides is 1. The second kappa shape index (κ2) is 9.31. The summed E-state index contributed by atoms with van der Waals surface area (Å²) in [6.07, 6.45) is 0.601. The van der Waals surface area contributed by atoms with Crippen LogP contribution in [0.3, 0.4) is 0 Å². The molecule has 2 amide bonds. The van der Waals surface area contributed by atoms with E-state index in [0.29, 0.717) is 35.2 Å². The third kappa shape index (κ3) is 5.40. The van der Waals surface area contributed by atoms with Crippen molar-refractivity contribution >= 4 is 35.0 Å². The summed E-state index contributed by atoms with van der Waals surface area (Å²) in [5, 5.41) is 11.2. The highest BCUT2D eigenvalue weighted by molar-refractivity contribution is 8.00. The van der Waals surface area contributed by atoms with Crippen LogP contribution in [0.25, 0.3) is 0 Å². The van der Waals surface area contributed by atoms with E-state index in [1.807, 2.05) is 11.5 Å². The quantitative estimate of drug-likeness (QED) is 0.500. The van der Waals surface area contributed by atoms with Crippen molar-refractivity contribution in [1.82, 2.24) is 14.8 Å². The molecule has 0 bridgehead atoms. The predicted molar refractivity (Wildman–Crippen MR) is 104 cm³/mol. The monoisotopic (exact) mass is 389 g/mol. The summed E-state index contributed by atoms with van der Waals surface area (Å²) >= 11 is 1.27. The van der Waals surface area contributed by atoms with Crippen LogP contribution in [-0.4, -0.2) is 37.6 Å². The van der Waals surface area contributed by atoms with Crippen LogP contribution in [0.1, 0.15) is 43.4 Å². The van der Waals surface area contributed by atoms with Gasteiger partial charge in [0.15, 0.2) is 10.9 Å². The molecule has 2 aromatic rings. The molecule has 3 N–H and O–H groups in total. The fourth-order valence-electron chi connectivity index (χ4n) is 2.49. The number of carbonyl (C=O) groups is 3. The highest BCUT2D eigenvalue weighted by Gasteiger charge is 2.21. The van der Waals surface area contributed by atoms with Gasteiger partial charge < -0.3 is 15.6 Å². The Hall–Kier alpha value is -2.68. The first-order valence-corrected chi connectivity index (χ1v) is 9.49. The molecule has 1 unspecified atom stereocenters. The van der Waals surface area contributed by atoms with Crippen molar-refractivity contribution in [2.45, 2.75) is 50.6 Å². The number of amides is 2. The Kier molecular flexibility index (Phi) is 7.12. The van der Waals surface area contributed by atoms with E-state index in [9.17, 15) is 14.4 Å². The molecule has 0 saturated carbocycles. The van der Waals surface area contributed by atoms with Crippen LogP contribution in [0.15, 0.2) is 29.4 Å². The number of Topliss-reactive ketones (excluding diaryl/α,β-unsaturated/α-hetero) is 1. The van der Waals surface area contributed by atoms with Crippen molar-refractivity contribution in [3.05, 3.63) is 35.7 Å². The zero-order chi connectivity index (χ0) is 20.0. The minimum atomic E-state index is -0.455. The van der Waals surface area contributed by atoms with Gasteiger partial charge in [0, 0.05) is 24.9 Å². The number of nitrogens with two attached hydrogens (primary N) is 1. The average Bonchev–Trinajstić information content (AvgIpc) is 3.01. The smallest absolute Gasteiger partial charge is 0.237 e. The van der Waals surface area contributed by atoms with E-state index >= 15 is 0 Å². The maximum Gasteiger partial charge on any atom is 0.237 e. The lowest BCUT2D eigenvalue weighted by atomic mass is 10.1. The van der Waals surface area contributed by atoms with Crippen molar-refractivity contribution < 1.29 is 14.4 Å². The molecule has 9 heteroatoms. The van der Waals surface area contributed by atoms with Crippen LogP contribution in [0, 0.1) is 0 Å². The van der Waals surface area contributed by atoms with Gasteiger partial charge in [-0.1, -0.05) is 23.9 Å². The van der Waals surface area contributed by atoms with Crippen molar-refractivity contribution in [3.63, 3.8) is 0 Å². The standard InChI is InChI=1S/C18H23N5O3S/c1-4-23-16(10-9-15(19)25)21-22-18(23)27-12(3)17(26)20-14-8-6-5-7-13(14)11(2)24/h5-8,12H,4,9-10H2,1-3H3,(H2,19,25)(H,20,26). The van der Waals surface area contributed by atoms with E-state index in [-0.39, 0.29) is 18.1 Å². The molecule has 1 heterocycles. The number of hydrogen-bond donors (Lipinski definition) is 2. The molecule has 144 valence electrons. The summed E-state index contributed by atoms with van der Waals surface area (Å²) in [5.41, 5.74) is 6.14. The van der Waals surface area contributed by atoms with Crippen LogP contribution in [0.5, 0.6) is 0 Å². The number of para-hydroxylation sites is 1. The Balaban J connectivity index is 2.09. The normalized spacial score (nSPS) is 11.8. The third-order valence-corrected chi connectivity index (χ3v) is 5.00. The average molecular weight is 389 g/mol. The number of aryl methyl sites for hydroxylation is 1. The molecule has 8 nitrogen and oxygen atoms in total. The first-order chi connectivity index (χ1) is 12.8. The number of hydrogen-bond acceptors (Lipinski definition) is 6. The lowest BCUT2D eigenvalue weighted by molar-refractivity contribution is -0.118. The Morgan fingerprint density at radius 3 is 2.59 bits per heavy atom. The number of carbonyl (C=O) groups excluding carboxylic acids is 3. The topological polar surface area (TPSA) is 120 Å². The Labute approximate surface area is 161 Å². The number of benzene rings is 1. The first kappa shape index (κ1) is 20.6. The van der Waals surface area contributed by atoms with Crippen molar-refractivity contribution in [2.24, 2.45) is 5.73 Å². The van der Waals surface area contributed by atoms with E-state index in [4.69, 9.17) is 5.73 Å². The van der Waals surface area contributed by atoms with Crippen LogP contribution in [0.2, 0.25) is 0 Å². The molecule has 0 aliphatic carbocycles. The number of rotatable bonds is 9. The number of ketones is 1. The number of thioether (sulfide) groups is 1. The molecule has 0 saturated heterocycles. The molecule has 0 aliphatic heterocycles. The summed E-state index contributed by atoms with van der Waals surface area (Å²) in [6, 6.07) is 6.89. The summed E-state index contributed by atoms with van der Waals surface area (Å²) in [4.78, 5) is 35.2. The highest BCUT2D eigenvalue weighted by atomic mass is 32.2. The molecule has 0 radical (unpaired) electrons. The van der Waals surface area contributed by atoms with Crippen LogP contribution in [0.4, 0.5) is 5.69 Å². The van der Waals surface area contributed by atoms with Gasteiger partial charge in [0.05, 0.1) is 10.9 Å². The SMILES string of the molecule is CCn1c(CCC(N)=O)nnc1SC(C)C(=O)Nc1ccccc1C(C)=O. The molecule has 1 aromatic heterocycles. The van der Waals surface area contributed by atoms with Crippen LogP contribution < -0.4 is 11.1 Å². The van der Waals surface area contributed by atoms with Crippen molar-refractivity contribution in [3.8, 4) is 0 Å². The zero-order valence-corrected chi connectivity index (χ0v) is 16.4. The van der Waals surface area contributed by atoms with Crippen LogP contribution in [-0.2, 0) is 22.6 Å². The third-order valence-electron chi connectivity index (χ3n) is 3.92. The van der Waals surface area contributed by atoms with E-state index in [2.05, 4.69) is 15.5 Å². The second-order valence-corrected chi connectivity index (χ2v) is 7.27. The summed E-state index contributed by atoms with van der Waals surface area (Å²) in [6.45, 7) is 5.77. The summed E-state index contributed by atoms with van der Waals surface area (Å²) < 4.78 is 1.86. The minimum absolute atomic E-state index is 0.115.